The zero-order valence-electron chi connectivity index (χ0n) is 10.8. The SMILES string of the molecule is COCCCC(N)C(=O)Nc1ccccc1C(=O)O. The molecule has 104 valence electrons. The fraction of sp³-hybridized carbons (Fsp3) is 0.385. The Labute approximate surface area is 111 Å². The van der Waals surface area contributed by atoms with Gasteiger partial charge in [-0.15, -0.1) is 0 Å². The molecule has 0 aliphatic carbocycles. The van der Waals surface area contributed by atoms with Crippen LogP contribution in [0.4, 0.5) is 5.69 Å². The molecule has 1 rings (SSSR count). The number of hydrogen-bond donors (Lipinski definition) is 3. The number of carbonyl (C=O) groups is 2. The van der Waals surface area contributed by atoms with Crippen molar-refractivity contribution in [1.82, 2.24) is 0 Å². The molecule has 0 aromatic heterocycles. The van der Waals surface area contributed by atoms with Crippen LogP contribution >= 0.6 is 0 Å². The zero-order valence-corrected chi connectivity index (χ0v) is 10.8. The van der Waals surface area contributed by atoms with Crippen molar-refractivity contribution in [1.29, 1.82) is 0 Å². The molecule has 0 fully saturated rings. The highest BCUT2D eigenvalue weighted by atomic mass is 16.5. The summed E-state index contributed by atoms with van der Waals surface area (Å²) in [7, 11) is 1.58. The fourth-order valence-electron chi connectivity index (χ4n) is 1.58. The molecule has 0 heterocycles. The number of nitrogens with one attached hydrogen (secondary N) is 1. The number of carboxylic acids is 1. The van der Waals surface area contributed by atoms with Crippen LogP contribution in [0.1, 0.15) is 23.2 Å². The lowest BCUT2D eigenvalue weighted by Crippen LogP contribution is -2.36. The summed E-state index contributed by atoms with van der Waals surface area (Å²) in [5.74, 6) is -1.49. The minimum absolute atomic E-state index is 0.0416. The molecule has 0 aliphatic heterocycles. The van der Waals surface area contributed by atoms with Crippen LogP contribution in [0.5, 0.6) is 0 Å². The molecule has 1 aromatic rings. The average molecular weight is 266 g/mol. The van der Waals surface area contributed by atoms with Crippen molar-refractivity contribution < 1.29 is 19.4 Å². The molecule has 0 spiro atoms. The van der Waals surface area contributed by atoms with Crippen molar-refractivity contribution in [3.8, 4) is 0 Å². The normalized spacial score (nSPS) is 11.9. The molecule has 0 radical (unpaired) electrons. The number of anilines is 1. The van der Waals surface area contributed by atoms with E-state index in [1.807, 2.05) is 0 Å². The number of amides is 1. The van der Waals surface area contributed by atoms with E-state index in [0.29, 0.717) is 19.4 Å². The molecule has 1 aromatic carbocycles. The van der Waals surface area contributed by atoms with Crippen LogP contribution in [0.25, 0.3) is 0 Å². The van der Waals surface area contributed by atoms with Gasteiger partial charge in [0.05, 0.1) is 17.3 Å². The summed E-state index contributed by atoms with van der Waals surface area (Å²) >= 11 is 0. The maximum Gasteiger partial charge on any atom is 0.337 e. The monoisotopic (exact) mass is 266 g/mol. The van der Waals surface area contributed by atoms with Gasteiger partial charge in [0.25, 0.3) is 0 Å². The Morgan fingerprint density at radius 1 is 1.42 bits per heavy atom. The molecule has 0 saturated heterocycles. The van der Waals surface area contributed by atoms with Gasteiger partial charge in [-0.3, -0.25) is 4.79 Å². The topological polar surface area (TPSA) is 102 Å². The summed E-state index contributed by atoms with van der Waals surface area (Å²) in [5.41, 5.74) is 6.01. The number of rotatable bonds is 7. The Morgan fingerprint density at radius 3 is 2.74 bits per heavy atom. The smallest absolute Gasteiger partial charge is 0.337 e. The maximum absolute atomic E-state index is 11.8. The van der Waals surface area contributed by atoms with Gasteiger partial charge in [-0.1, -0.05) is 12.1 Å². The van der Waals surface area contributed by atoms with E-state index < -0.39 is 17.9 Å². The molecule has 0 bridgehead atoms. The summed E-state index contributed by atoms with van der Waals surface area (Å²) in [6, 6.07) is 5.52. The van der Waals surface area contributed by atoms with Crippen LogP contribution in [-0.4, -0.2) is 36.7 Å². The van der Waals surface area contributed by atoms with Crippen molar-refractivity contribution in [2.45, 2.75) is 18.9 Å². The average Bonchev–Trinajstić information content (AvgIpc) is 2.39. The lowest BCUT2D eigenvalue weighted by Gasteiger charge is -2.13. The van der Waals surface area contributed by atoms with Crippen LogP contribution in [0.2, 0.25) is 0 Å². The molecule has 0 saturated carbocycles. The third-order valence-electron chi connectivity index (χ3n) is 2.62. The van der Waals surface area contributed by atoms with Gasteiger partial charge in [0.1, 0.15) is 0 Å². The minimum Gasteiger partial charge on any atom is -0.478 e. The Balaban J connectivity index is 2.64. The Morgan fingerprint density at radius 2 is 2.11 bits per heavy atom. The molecular formula is C13H18N2O4. The van der Waals surface area contributed by atoms with Crippen LogP contribution in [-0.2, 0) is 9.53 Å². The Bertz CT molecular complexity index is 448. The lowest BCUT2D eigenvalue weighted by molar-refractivity contribution is -0.117. The second-order valence-corrected chi connectivity index (χ2v) is 4.08. The highest BCUT2D eigenvalue weighted by Crippen LogP contribution is 2.15. The molecule has 6 nitrogen and oxygen atoms in total. The van der Waals surface area contributed by atoms with Gasteiger partial charge in [-0.2, -0.15) is 0 Å². The minimum atomic E-state index is -1.09. The lowest BCUT2D eigenvalue weighted by atomic mass is 10.1. The number of carbonyl (C=O) groups excluding carboxylic acids is 1. The van der Waals surface area contributed by atoms with Crippen molar-refractivity contribution in [3.05, 3.63) is 29.8 Å². The third kappa shape index (κ3) is 4.69. The van der Waals surface area contributed by atoms with E-state index in [1.165, 1.54) is 12.1 Å². The molecular weight excluding hydrogens is 248 g/mol. The molecule has 19 heavy (non-hydrogen) atoms. The first-order valence-corrected chi connectivity index (χ1v) is 5.94. The quantitative estimate of drug-likeness (QED) is 0.641. The fourth-order valence-corrected chi connectivity index (χ4v) is 1.58. The predicted octanol–water partition coefficient (Wildman–Crippen LogP) is 1.08. The van der Waals surface area contributed by atoms with E-state index >= 15 is 0 Å². The molecule has 6 heteroatoms. The van der Waals surface area contributed by atoms with Gasteiger partial charge < -0.3 is 20.9 Å². The third-order valence-corrected chi connectivity index (χ3v) is 2.62. The van der Waals surface area contributed by atoms with E-state index in [2.05, 4.69) is 5.32 Å². The van der Waals surface area contributed by atoms with Gasteiger partial charge in [0.15, 0.2) is 0 Å². The van der Waals surface area contributed by atoms with Crippen molar-refractivity contribution >= 4 is 17.6 Å². The summed E-state index contributed by atoms with van der Waals surface area (Å²) in [5, 5.41) is 11.5. The number of ether oxygens (including phenoxy) is 1. The van der Waals surface area contributed by atoms with Crippen LogP contribution in [0, 0.1) is 0 Å². The first kappa shape index (κ1) is 15.1. The summed E-state index contributed by atoms with van der Waals surface area (Å²) in [6.45, 7) is 0.534. The van der Waals surface area contributed by atoms with E-state index in [1.54, 1.807) is 19.2 Å². The number of hydrogen-bond acceptors (Lipinski definition) is 4. The summed E-state index contributed by atoms with van der Waals surface area (Å²) in [6.07, 6.45) is 1.15. The number of benzene rings is 1. The maximum atomic E-state index is 11.8. The van der Waals surface area contributed by atoms with E-state index in [9.17, 15) is 9.59 Å². The largest absolute Gasteiger partial charge is 0.478 e. The number of carboxylic acid groups (broad SMARTS) is 1. The Hall–Kier alpha value is -1.92. The second kappa shape index (κ2) is 7.50. The van der Waals surface area contributed by atoms with E-state index in [0.717, 1.165) is 0 Å². The molecule has 1 unspecified atom stereocenters. The highest BCUT2D eigenvalue weighted by Gasteiger charge is 2.16. The van der Waals surface area contributed by atoms with Gasteiger partial charge in [0.2, 0.25) is 5.91 Å². The van der Waals surface area contributed by atoms with E-state index in [-0.39, 0.29) is 11.3 Å². The second-order valence-electron chi connectivity index (χ2n) is 4.08. The first-order chi connectivity index (χ1) is 9.06. The van der Waals surface area contributed by atoms with Gasteiger partial charge in [0, 0.05) is 13.7 Å². The summed E-state index contributed by atoms with van der Waals surface area (Å²) in [4.78, 5) is 22.8. The summed E-state index contributed by atoms with van der Waals surface area (Å²) < 4.78 is 4.88. The van der Waals surface area contributed by atoms with Crippen molar-refractivity contribution in [2.75, 3.05) is 19.0 Å². The van der Waals surface area contributed by atoms with Crippen molar-refractivity contribution in [2.24, 2.45) is 5.73 Å². The number of methoxy groups -OCH3 is 1. The van der Waals surface area contributed by atoms with Gasteiger partial charge >= 0.3 is 5.97 Å². The standard InChI is InChI=1S/C13H18N2O4/c1-19-8-4-6-10(14)12(16)15-11-7-3-2-5-9(11)13(17)18/h2-3,5,7,10H,4,6,8,14H2,1H3,(H,15,16)(H,17,18). The number of para-hydroxylation sites is 1. The zero-order chi connectivity index (χ0) is 14.3. The molecule has 4 N–H and O–H groups in total. The Kier molecular flexibility index (Phi) is 5.98. The van der Waals surface area contributed by atoms with Crippen LogP contribution in [0.3, 0.4) is 0 Å². The molecule has 0 aliphatic rings. The highest BCUT2D eigenvalue weighted by molar-refractivity contribution is 6.02. The predicted molar refractivity (Wildman–Crippen MR) is 71.1 cm³/mol. The number of nitrogens with two attached hydrogens (primary N) is 1. The van der Waals surface area contributed by atoms with Crippen LogP contribution < -0.4 is 11.1 Å². The van der Waals surface area contributed by atoms with Gasteiger partial charge in [-0.05, 0) is 25.0 Å². The molecule has 1 amide bonds. The van der Waals surface area contributed by atoms with Crippen molar-refractivity contribution in [3.63, 3.8) is 0 Å². The number of aromatic carboxylic acids is 1. The van der Waals surface area contributed by atoms with Crippen LogP contribution in [0.15, 0.2) is 24.3 Å². The first-order valence-electron chi connectivity index (χ1n) is 5.94. The molecule has 1 atom stereocenters. The van der Waals surface area contributed by atoms with E-state index in [4.69, 9.17) is 15.6 Å². The van der Waals surface area contributed by atoms with Gasteiger partial charge in [-0.25, -0.2) is 4.79 Å².